The summed E-state index contributed by atoms with van der Waals surface area (Å²) in [6.07, 6.45) is 4.47. The molecule has 9 heteroatoms. The molecule has 0 saturated heterocycles. The van der Waals surface area contributed by atoms with E-state index in [-0.39, 0.29) is 11.8 Å². The molecule has 2 amide bonds. The zero-order valence-electron chi connectivity index (χ0n) is 12.4. The molecule has 120 valence electrons. The van der Waals surface area contributed by atoms with Crippen LogP contribution in [0.3, 0.4) is 0 Å². The van der Waals surface area contributed by atoms with Crippen LogP contribution >= 0.6 is 11.5 Å². The molecule has 0 aromatic carbocycles. The lowest BCUT2D eigenvalue weighted by Gasteiger charge is -2.19. The standard InChI is InChI=1S/C14H16N6O2S/c21-13(16-9-2-3-9)10-6-15-20-5-1-4-19(7-12(10)20)14(22)11-8-23-18-17-11/h6,8-9H,1-5,7H2,(H,16,21). The molecule has 0 radical (unpaired) electrons. The summed E-state index contributed by atoms with van der Waals surface area (Å²) in [4.78, 5) is 26.6. The molecule has 3 heterocycles. The van der Waals surface area contributed by atoms with Crippen molar-refractivity contribution < 1.29 is 9.59 Å². The minimum absolute atomic E-state index is 0.0987. The number of amides is 2. The van der Waals surface area contributed by atoms with Gasteiger partial charge in [0.15, 0.2) is 5.69 Å². The highest BCUT2D eigenvalue weighted by Gasteiger charge is 2.29. The molecule has 2 aromatic heterocycles. The van der Waals surface area contributed by atoms with Crippen LogP contribution in [0.2, 0.25) is 0 Å². The van der Waals surface area contributed by atoms with Crippen LogP contribution in [0.5, 0.6) is 0 Å². The number of carbonyl (C=O) groups excluding carboxylic acids is 2. The van der Waals surface area contributed by atoms with Gasteiger partial charge in [-0.05, 0) is 30.8 Å². The molecule has 2 aliphatic rings. The maximum absolute atomic E-state index is 12.5. The Kier molecular flexibility index (Phi) is 3.56. The lowest BCUT2D eigenvalue weighted by molar-refractivity contribution is 0.0737. The molecular weight excluding hydrogens is 316 g/mol. The zero-order chi connectivity index (χ0) is 15.8. The van der Waals surface area contributed by atoms with E-state index < -0.39 is 0 Å². The van der Waals surface area contributed by atoms with E-state index in [9.17, 15) is 9.59 Å². The van der Waals surface area contributed by atoms with Crippen molar-refractivity contribution >= 4 is 23.3 Å². The smallest absolute Gasteiger partial charge is 0.275 e. The number of nitrogens with zero attached hydrogens (tertiary/aromatic N) is 5. The first kappa shape index (κ1) is 14.3. The van der Waals surface area contributed by atoms with E-state index in [0.29, 0.717) is 36.9 Å². The second-order valence-electron chi connectivity index (χ2n) is 5.85. The van der Waals surface area contributed by atoms with Crippen LogP contribution in [0.4, 0.5) is 0 Å². The van der Waals surface area contributed by atoms with Gasteiger partial charge in [-0.25, -0.2) is 0 Å². The third-order valence-electron chi connectivity index (χ3n) is 4.11. The number of hydrogen-bond acceptors (Lipinski definition) is 6. The van der Waals surface area contributed by atoms with Crippen molar-refractivity contribution in [2.24, 2.45) is 0 Å². The number of aryl methyl sites for hydroxylation is 1. The van der Waals surface area contributed by atoms with Gasteiger partial charge < -0.3 is 10.2 Å². The molecule has 4 rings (SSSR count). The molecule has 1 aliphatic heterocycles. The monoisotopic (exact) mass is 332 g/mol. The minimum atomic E-state index is -0.151. The molecule has 0 atom stereocenters. The van der Waals surface area contributed by atoms with Gasteiger partial charge in [0, 0.05) is 24.5 Å². The largest absolute Gasteiger partial charge is 0.349 e. The van der Waals surface area contributed by atoms with Crippen molar-refractivity contribution in [1.29, 1.82) is 0 Å². The van der Waals surface area contributed by atoms with E-state index >= 15 is 0 Å². The molecule has 1 aliphatic carbocycles. The maximum atomic E-state index is 12.5. The van der Waals surface area contributed by atoms with Crippen LogP contribution < -0.4 is 5.32 Å². The van der Waals surface area contributed by atoms with Crippen molar-refractivity contribution in [3.63, 3.8) is 0 Å². The molecule has 0 bridgehead atoms. The van der Waals surface area contributed by atoms with E-state index in [1.807, 2.05) is 4.68 Å². The quantitative estimate of drug-likeness (QED) is 0.892. The number of nitrogens with one attached hydrogen (secondary N) is 1. The summed E-state index contributed by atoms with van der Waals surface area (Å²) < 4.78 is 5.57. The van der Waals surface area contributed by atoms with Crippen LogP contribution in [-0.4, -0.2) is 48.7 Å². The lowest BCUT2D eigenvalue weighted by atomic mass is 10.2. The van der Waals surface area contributed by atoms with Crippen molar-refractivity contribution in [3.8, 4) is 0 Å². The Morgan fingerprint density at radius 2 is 2.17 bits per heavy atom. The van der Waals surface area contributed by atoms with Gasteiger partial charge in [0.2, 0.25) is 0 Å². The second-order valence-corrected chi connectivity index (χ2v) is 6.46. The van der Waals surface area contributed by atoms with Gasteiger partial charge >= 0.3 is 0 Å². The molecule has 0 unspecified atom stereocenters. The first-order valence-electron chi connectivity index (χ1n) is 7.64. The highest BCUT2D eigenvalue weighted by molar-refractivity contribution is 7.03. The fraction of sp³-hybridized carbons (Fsp3) is 0.500. The van der Waals surface area contributed by atoms with Gasteiger partial charge in [-0.3, -0.25) is 14.3 Å². The number of carbonyl (C=O) groups is 2. The highest BCUT2D eigenvalue weighted by atomic mass is 32.1. The van der Waals surface area contributed by atoms with Gasteiger partial charge in [0.05, 0.1) is 24.0 Å². The Bertz CT molecular complexity index is 737. The van der Waals surface area contributed by atoms with E-state index in [0.717, 1.165) is 36.5 Å². The Balaban J connectivity index is 1.58. The number of aromatic nitrogens is 4. The summed E-state index contributed by atoms with van der Waals surface area (Å²) in [6, 6.07) is 0.294. The van der Waals surface area contributed by atoms with Crippen molar-refractivity contribution in [2.75, 3.05) is 6.54 Å². The van der Waals surface area contributed by atoms with E-state index in [2.05, 4.69) is 20.0 Å². The SMILES string of the molecule is O=C(NC1CC1)c1cnn2c1CN(C(=O)c1csnn1)CCC2. The van der Waals surface area contributed by atoms with Crippen molar-refractivity contribution in [1.82, 2.24) is 29.6 Å². The molecular formula is C14H16N6O2S. The Morgan fingerprint density at radius 3 is 2.91 bits per heavy atom. The molecule has 1 saturated carbocycles. The van der Waals surface area contributed by atoms with Crippen LogP contribution in [0, 0.1) is 0 Å². The molecule has 1 fully saturated rings. The summed E-state index contributed by atoms with van der Waals surface area (Å²) >= 11 is 1.16. The summed E-state index contributed by atoms with van der Waals surface area (Å²) in [7, 11) is 0. The van der Waals surface area contributed by atoms with Gasteiger partial charge in [-0.1, -0.05) is 4.49 Å². The maximum Gasteiger partial charge on any atom is 0.275 e. The summed E-state index contributed by atoms with van der Waals surface area (Å²) in [5.41, 5.74) is 1.71. The van der Waals surface area contributed by atoms with Gasteiger partial charge in [-0.2, -0.15) is 5.10 Å². The number of fused-ring (bicyclic) bond motifs is 1. The Labute approximate surface area is 136 Å². The topological polar surface area (TPSA) is 93.0 Å². The van der Waals surface area contributed by atoms with E-state index in [4.69, 9.17) is 0 Å². The molecule has 1 N–H and O–H groups in total. The fourth-order valence-electron chi connectivity index (χ4n) is 2.71. The highest BCUT2D eigenvalue weighted by Crippen LogP contribution is 2.22. The Hall–Kier alpha value is -2.29. The fourth-order valence-corrected chi connectivity index (χ4v) is 3.15. The molecule has 23 heavy (non-hydrogen) atoms. The molecule has 2 aromatic rings. The summed E-state index contributed by atoms with van der Waals surface area (Å²) in [5, 5.41) is 12.8. The average molecular weight is 332 g/mol. The molecule has 0 spiro atoms. The van der Waals surface area contributed by atoms with Gasteiger partial charge in [-0.15, -0.1) is 5.10 Å². The Morgan fingerprint density at radius 1 is 1.30 bits per heavy atom. The summed E-state index contributed by atoms with van der Waals surface area (Å²) in [6.45, 7) is 1.68. The number of rotatable bonds is 3. The first-order chi connectivity index (χ1) is 11.2. The lowest BCUT2D eigenvalue weighted by Crippen LogP contribution is -2.32. The normalized spacial score (nSPS) is 17.5. The third kappa shape index (κ3) is 2.83. The first-order valence-corrected chi connectivity index (χ1v) is 8.48. The van der Waals surface area contributed by atoms with Gasteiger partial charge in [0.1, 0.15) is 0 Å². The van der Waals surface area contributed by atoms with Crippen LogP contribution in [0.15, 0.2) is 11.6 Å². The number of hydrogen-bond donors (Lipinski definition) is 1. The van der Waals surface area contributed by atoms with Crippen LogP contribution in [0.25, 0.3) is 0 Å². The van der Waals surface area contributed by atoms with Gasteiger partial charge in [0.25, 0.3) is 11.8 Å². The van der Waals surface area contributed by atoms with Crippen LogP contribution in [0.1, 0.15) is 45.8 Å². The summed E-state index contributed by atoms with van der Waals surface area (Å²) in [5.74, 6) is -0.250. The van der Waals surface area contributed by atoms with Crippen LogP contribution in [-0.2, 0) is 13.1 Å². The average Bonchev–Trinajstić information content (AvgIpc) is 3.09. The van der Waals surface area contributed by atoms with E-state index in [1.54, 1.807) is 16.5 Å². The second kappa shape index (κ2) is 5.73. The van der Waals surface area contributed by atoms with Crippen molar-refractivity contribution in [2.45, 2.75) is 38.4 Å². The minimum Gasteiger partial charge on any atom is -0.349 e. The third-order valence-corrected chi connectivity index (χ3v) is 4.62. The predicted octanol–water partition coefficient (Wildman–Crippen LogP) is 0.673. The molecule has 8 nitrogen and oxygen atoms in total. The predicted molar refractivity (Wildman–Crippen MR) is 82.0 cm³/mol. The van der Waals surface area contributed by atoms with Crippen molar-refractivity contribution in [3.05, 3.63) is 28.5 Å². The zero-order valence-corrected chi connectivity index (χ0v) is 13.3. The van der Waals surface area contributed by atoms with E-state index in [1.165, 1.54) is 0 Å².